The van der Waals surface area contributed by atoms with E-state index in [1.54, 1.807) is 0 Å². The van der Waals surface area contributed by atoms with E-state index in [0.717, 1.165) is 13.2 Å². The van der Waals surface area contributed by atoms with Crippen LogP contribution in [0.5, 0.6) is 5.75 Å². The first-order valence-electron chi connectivity index (χ1n) is 5.49. The molecular formula is C12H13ClF3NO2. The van der Waals surface area contributed by atoms with Crippen molar-refractivity contribution >= 4 is 23.2 Å². The Morgan fingerprint density at radius 3 is 2.63 bits per heavy atom. The van der Waals surface area contributed by atoms with Gasteiger partial charge in [-0.05, 0) is 24.6 Å². The van der Waals surface area contributed by atoms with Gasteiger partial charge in [0.2, 0.25) is 5.91 Å². The van der Waals surface area contributed by atoms with Gasteiger partial charge in [0.05, 0.1) is 12.7 Å². The molecule has 0 saturated carbocycles. The van der Waals surface area contributed by atoms with E-state index in [0.29, 0.717) is 12.3 Å². The quantitative estimate of drug-likeness (QED) is 0.842. The van der Waals surface area contributed by atoms with Gasteiger partial charge in [0.1, 0.15) is 5.75 Å². The smallest absolute Gasteiger partial charge is 0.420 e. The number of alkyl halides is 4. The lowest BCUT2D eigenvalue weighted by molar-refractivity contribution is -0.138. The third-order valence-corrected chi connectivity index (χ3v) is 2.59. The molecule has 1 N–H and O–H groups in total. The van der Waals surface area contributed by atoms with Gasteiger partial charge >= 0.3 is 6.18 Å². The van der Waals surface area contributed by atoms with Gasteiger partial charge in [-0.15, -0.1) is 11.6 Å². The SMILES string of the molecule is COc1ccc(NC(=O)CCCCl)cc1C(F)(F)F. The van der Waals surface area contributed by atoms with Gasteiger partial charge in [-0.1, -0.05) is 0 Å². The van der Waals surface area contributed by atoms with Crippen molar-refractivity contribution in [3.63, 3.8) is 0 Å². The highest BCUT2D eigenvalue weighted by atomic mass is 35.5. The van der Waals surface area contributed by atoms with Crippen LogP contribution in [0.15, 0.2) is 18.2 Å². The number of halogens is 4. The van der Waals surface area contributed by atoms with Crippen LogP contribution in [-0.2, 0) is 11.0 Å². The number of hydrogen-bond donors (Lipinski definition) is 1. The molecule has 0 aliphatic heterocycles. The van der Waals surface area contributed by atoms with Gasteiger partial charge < -0.3 is 10.1 Å². The van der Waals surface area contributed by atoms with Crippen molar-refractivity contribution in [3.8, 4) is 5.75 Å². The minimum atomic E-state index is -4.54. The van der Waals surface area contributed by atoms with Crippen molar-refractivity contribution in [2.75, 3.05) is 18.3 Å². The van der Waals surface area contributed by atoms with E-state index >= 15 is 0 Å². The maximum absolute atomic E-state index is 12.7. The van der Waals surface area contributed by atoms with Gasteiger partial charge in [-0.25, -0.2) is 0 Å². The van der Waals surface area contributed by atoms with Crippen LogP contribution in [0.2, 0.25) is 0 Å². The van der Waals surface area contributed by atoms with Crippen molar-refractivity contribution in [1.29, 1.82) is 0 Å². The summed E-state index contributed by atoms with van der Waals surface area (Å²) in [5, 5.41) is 2.39. The maximum Gasteiger partial charge on any atom is 0.420 e. The Morgan fingerprint density at radius 2 is 2.11 bits per heavy atom. The van der Waals surface area contributed by atoms with Crippen LogP contribution in [0.4, 0.5) is 18.9 Å². The fourth-order valence-electron chi connectivity index (χ4n) is 1.46. The summed E-state index contributed by atoms with van der Waals surface area (Å²) in [6, 6.07) is 3.37. The zero-order chi connectivity index (χ0) is 14.5. The van der Waals surface area contributed by atoms with Crippen molar-refractivity contribution in [2.45, 2.75) is 19.0 Å². The molecule has 0 saturated heterocycles. The van der Waals surface area contributed by atoms with Crippen LogP contribution in [0.25, 0.3) is 0 Å². The summed E-state index contributed by atoms with van der Waals surface area (Å²) < 4.78 is 42.9. The van der Waals surface area contributed by atoms with Gasteiger partial charge in [-0.3, -0.25) is 4.79 Å². The topological polar surface area (TPSA) is 38.3 Å². The number of benzene rings is 1. The molecule has 19 heavy (non-hydrogen) atoms. The number of ether oxygens (including phenoxy) is 1. The van der Waals surface area contributed by atoms with E-state index < -0.39 is 11.7 Å². The molecule has 0 aromatic heterocycles. The van der Waals surface area contributed by atoms with Crippen LogP contribution >= 0.6 is 11.6 Å². The average Bonchev–Trinajstić information content (AvgIpc) is 2.35. The number of hydrogen-bond acceptors (Lipinski definition) is 2. The molecule has 3 nitrogen and oxygen atoms in total. The van der Waals surface area contributed by atoms with E-state index in [2.05, 4.69) is 10.1 Å². The van der Waals surface area contributed by atoms with Crippen molar-refractivity contribution in [3.05, 3.63) is 23.8 Å². The molecule has 0 radical (unpaired) electrons. The normalized spacial score (nSPS) is 11.2. The fourth-order valence-corrected chi connectivity index (χ4v) is 1.59. The second kappa shape index (κ2) is 6.65. The summed E-state index contributed by atoms with van der Waals surface area (Å²) in [6.45, 7) is 0. The van der Waals surface area contributed by atoms with E-state index in [1.807, 2.05) is 0 Å². The fraction of sp³-hybridized carbons (Fsp3) is 0.417. The predicted molar refractivity (Wildman–Crippen MR) is 66.6 cm³/mol. The summed E-state index contributed by atoms with van der Waals surface area (Å²) >= 11 is 5.43. The van der Waals surface area contributed by atoms with Crippen LogP contribution in [0.3, 0.4) is 0 Å². The Kier molecular flexibility index (Phi) is 5.47. The highest BCUT2D eigenvalue weighted by Crippen LogP contribution is 2.37. The number of amides is 1. The molecule has 0 aliphatic rings. The lowest BCUT2D eigenvalue weighted by Crippen LogP contribution is -2.13. The van der Waals surface area contributed by atoms with Crippen molar-refractivity contribution in [1.82, 2.24) is 0 Å². The first-order chi connectivity index (χ1) is 8.88. The molecule has 0 unspecified atom stereocenters. The Bertz CT molecular complexity index is 449. The number of nitrogens with one attached hydrogen (secondary N) is 1. The number of anilines is 1. The number of rotatable bonds is 5. The van der Waals surface area contributed by atoms with Gasteiger partial charge in [0.25, 0.3) is 0 Å². The Labute approximate surface area is 113 Å². The minimum absolute atomic E-state index is 0.0766. The van der Waals surface area contributed by atoms with Crippen molar-refractivity contribution < 1.29 is 22.7 Å². The second-order valence-electron chi connectivity index (χ2n) is 3.75. The third-order valence-electron chi connectivity index (χ3n) is 2.33. The maximum atomic E-state index is 12.7. The van der Waals surface area contributed by atoms with Gasteiger partial charge in [-0.2, -0.15) is 13.2 Å². The summed E-state index contributed by atoms with van der Waals surface area (Å²) in [5.41, 5.74) is -0.849. The Hall–Kier alpha value is -1.43. The van der Waals surface area contributed by atoms with Crippen LogP contribution in [-0.4, -0.2) is 18.9 Å². The Balaban J connectivity index is 2.90. The summed E-state index contributed by atoms with van der Waals surface area (Å²) in [4.78, 5) is 11.4. The second-order valence-corrected chi connectivity index (χ2v) is 4.13. The monoisotopic (exact) mass is 295 g/mol. The molecule has 106 valence electrons. The summed E-state index contributed by atoms with van der Waals surface area (Å²) in [5.74, 6) is -0.339. The minimum Gasteiger partial charge on any atom is -0.496 e. The third kappa shape index (κ3) is 4.63. The predicted octanol–water partition coefficient (Wildman–Crippen LogP) is 3.67. The molecule has 0 aliphatic carbocycles. The van der Waals surface area contributed by atoms with Crippen LogP contribution in [0, 0.1) is 0 Å². The molecule has 0 atom stereocenters. The molecule has 0 heterocycles. The van der Waals surface area contributed by atoms with Gasteiger partial charge in [0, 0.05) is 18.0 Å². The molecule has 1 aromatic carbocycles. The highest BCUT2D eigenvalue weighted by Gasteiger charge is 2.34. The highest BCUT2D eigenvalue weighted by molar-refractivity contribution is 6.18. The standard InChI is InChI=1S/C12H13ClF3NO2/c1-19-10-5-4-8(7-9(10)12(14,15)16)17-11(18)3-2-6-13/h4-5,7H,2-3,6H2,1H3,(H,17,18). The first-order valence-corrected chi connectivity index (χ1v) is 6.03. The lowest BCUT2D eigenvalue weighted by atomic mass is 10.1. The molecule has 1 amide bonds. The van der Waals surface area contributed by atoms with Gasteiger partial charge in [0.15, 0.2) is 0 Å². The average molecular weight is 296 g/mol. The van der Waals surface area contributed by atoms with Crippen LogP contribution < -0.4 is 10.1 Å². The van der Waals surface area contributed by atoms with E-state index in [-0.39, 0.29) is 23.8 Å². The lowest BCUT2D eigenvalue weighted by Gasteiger charge is -2.13. The van der Waals surface area contributed by atoms with Crippen molar-refractivity contribution in [2.24, 2.45) is 0 Å². The summed E-state index contributed by atoms with van der Waals surface area (Å²) in [6.07, 6.45) is -3.91. The molecule has 1 aromatic rings. The van der Waals surface area contributed by atoms with E-state index in [4.69, 9.17) is 11.6 Å². The molecule has 0 fully saturated rings. The zero-order valence-corrected chi connectivity index (χ0v) is 10.9. The largest absolute Gasteiger partial charge is 0.496 e. The molecule has 0 spiro atoms. The molecule has 1 rings (SSSR count). The molecular weight excluding hydrogens is 283 g/mol. The van der Waals surface area contributed by atoms with E-state index in [9.17, 15) is 18.0 Å². The molecule has 7 heteroatoms. The van der Waals surface area contributed by atoms with E-state index in [1.165, 1.54) is 12.1 Å². The Morgan fingerprint density at radius 1 is 1.42 bits per heavy atom. The number of methoxy groups -OCH3 is 1. The number of carbonyl (C=O) groups excluding carboxylic acids is 1. The number of carbonyl (C=O) groups is 1. The first kappa shape index (κ1) is 15.6. The van der Waals surface area contributed by atoms with Crippen LogP contribution in [0.1, 0.15) is 18.4 Å². The molecule has 0 bridgehead atoms. The zero-order valence-electron chi connectivity index (χ0n) is 10.2. The summed E-state index contributed by atoms with van der Waals surface area (Å²) in [7, 11) is 1.16.